The predicted molar refractivity (Wildman–Crippen MR) is 73.8 cm³/mol. The molecule has 0 bridgehead atoms. The van der Waals surface area contributed by atoms with E-state index in [4.69, 9.17) is 5.73 Å². The minimum Gasteiger partial charge on any atom is -0.397 e. The molecule has 3 heteroatoms. The van der Waals surface area contributed by atoms with Gasteiger partial charge in [0.25, 0.3) is 0 Å². The Balaban J connectivity index is 2.43. The standard InChI is InChI=1S/C13H18N2S/c1-9(2)16-8-10-7-15(3)13-11(10)5-4-6-12(13)14/h4-7,9H,8,14H2,1-3H3. The molecule has 2 nitrogen and oxygen atoms in total. The van der Waals surface area contributed by atoms with E-state index in [1.54, 1.807) is 0 Å². The average Bonchev–Trinajstić information content (AvgIpc) is 2.54. The number of rotatable bonds is 3. The number of nitrogens with two attached hydrogens (primary N) is 1. The summed E-state index contributed by atoms with van der Waals surface area (Å²) in [6.07, 6.45) is 2.19. The van der Waals surface area contributed by atoms with Crippen LogP contribution in [0.25, 0.3) is 10.9 Å². The number of anilines is 1. The van der Waals surface area contributed by atoms with Crippen LogP contribution in [0.5, 0.6) is 0 Å². The highest BCUT2D eigenvalue weighted by molar-refractivity contribution is 7.99. The second-order valence-electron chi connectivity index (χ2n) is 4.37. The Morgan fingerprint density at radius 2 is 2.12 bits per heavy atom. The van der Waals surface area contributed by atoms with Gasteiger partial charge in [0.15, 0.2) is 0 Å². The zero-order valence-corrected chi connectivity index (χ0v) is 10.8. The van der Waals surface area contributed by atoms with Crippen LogP contribution in [-0.2, 0) is 12.8 Å². The number of hydrogen-bond donors (Lipinski definition) is 1. The molecule has 1 heterocycles. The van der Waals surface area contributed by atoms with Crippen molar-refractivity contribution in [3.63, 3.8) is 0 Å². The van der Waals surface area contributed by atoms with Crippen molar-refractivity contribution < 1.29 is 0 Å². The molecule has 0 atom stereocenters. The number of thioether (sulfide) groups is 1. The van der Waals surface area contributed by atoms with Gasteiger partial charge in [-0.2, -0.15) is 11.8 Å². The van der Waals surface area contributed by atoms with E-state index in [1.807, 2.05) is 23.9 Å². The van der Waals surface area contributed by atoms with Crippen LogP contribution in [0.15, 0.2) is 24.4 Å². The van der Waals surface area contributed by atoms with E-state index in [1.165, 1.54) is 10.9 Å². The van der Waals surface area contributed by atoms with Gasteiger partial charge in [-0.1, -0.05) is 26.0 Å². The zero-order valence-electron chi connectivity index (χ0n) is 10.0. The number of nitrogen functional groups attached to an aromatic ring is 1. The number of fused-ring (bicyclic) bond motifs is 1. The number of para-hydroxylation sites is 1. The van der Waals surface area contributed by atoms with Crippen molar-refractivity contribution in [1.29, 1.82) is 0 Å². The summed E-state index contributed by atoms with van der Waals surface area (Å²) in [5.74, 6) is 1.05. The van der Waals surface area contributed by atoms with Crippen LogP contribution in [0.2, 0.25) is 0 Å². The van der Waals surface area contributed by atoms with Crippen LogP contribution >= 0.6 is 11.8 Å². The van der Waals surface area contributed by atoms with Crippen molar-refractivity contribution >= 4 is 28.4 Å². The summed E-state index contributed by atoms with van der Waals surface area (Å²) in [4.78, 5) is 0. The lowest BCUT2D eigenvalue weighted by molar-refractivity contribution is 0.963. The first-order valence-electron chi connectivity index (χ1n) is 5.53. The lowest BCUT2D eigenvalue weighted by Crippen LogP contribution is -1.91. The van der Waals surface area contributed by atoms with Crippen molar-refractivity contribution in [2.24, 2.45) is 7.05 Å². The van der Waals surface area contributed by atoms with Crippen molar-refractivity contribution in [2.45, 2.75) is 24.9 Å². The molecule has 2 N–H and O–H groups in total. The minimum atomic E-state index is 0.663. The van der Waals surface area contributed by atoms with Crippen LogP contribution in [0.1, 0.15) is 19.4 Å². The van der Waals surface area contributed by atoms with Gasteiger partial charge < -0.3 is 10.3 Å². The Kier molecular flexibility index (Phi) is 3.15. The third kappa shape index (κ3) is 2.05. The molecular weight excluding hydrogens is 216 g/mol. The fourth-order valence-electron chi connectivity index (χ4n) is 1.95. The number of benzene rings is 1. The summed E-state index contributed by atoms with van der Waals surface area (Å²) in [5, 5.41) is 1.95. The fraction of sp³-hybridized carbons (Fsp3) is 0.385. The van der Waals surface area contributed by atoms with Crippen molar-refractivity contribution in [1.82, 2.24) is 4.57 Å². The molecule has 0 aliphatic heterocycles. The van der Waals surface area contributed by atoms with Crippen LogP contribution in [-0.4, -0.2) is 9.82 Å². The van der Waals surface area contributed by atoms with Gasteiger partial charge in [0, 0.05) is 24.4 Å². The SMILES string of the molecule is CC(C)SCc1cn(C)c2c(N)cccc12. The first-order chi connectivity index (χ1) is 7.59. The predicted octanol–water partition coefficient (Wildman–Crippen LogP) is 3.40. The van der Waals surface area contributed by atoms with Crippen molar-refractivity contribution in [3.05, 3.63) is 30.0 Å². The molecule has 0 spiro atoms. The van der Waals surface area contributed by atoms with Crippen LogP contribution in [0.3, 0.4) is 0 Å². The number of aryl methyl sites for hydroxylation is 1. The maximum absolute atomic E-state index is 6.00. The summed E-state index contributed by atoms with van der Waals surface area (Å²) in [5.41, 5.74) is 9.39. The molecule has 0 saturated heterocycles. The molecule has 2 rings (SSSR count). The smallest absolute Gasteiger partial charge is 0.0714 e. The highest BCUT2D eigenvalue weighted by atomic mass is 32.2. The molecule has 0 saturated carbocycles. The van der Waals surface area contributed by atoms with Crippen LogP contribution < -0.4 is 5.73 Å². The third-order valence-electron chi connectivity index (χ3n) is 2.69. The molecule has 0 fully saturated rings. The van der Waals surface area contributed by atoms with Gasteiger partial charge in [0.2, 0.25) is 0 Å². The molecule has 0 unspecified atom stereocenters. The zero-order chi connectivity index (χ0) is 11.7. The Morgan fingerprint density at radius 3 is 2.81 bits per heavy atom. The van der Waals surface area contributed by atoms with Crippen molar-refractivity contribution in [3.8, 4) is 0 Å². The Labute approximate surface area is 101 Å². The van der Waals surface area contributed by atoms with E-state index in [0.717, 1.165) is 17.0 Å². The fourth-order valence-corrected chi connectivity index (χ4v) is 2.70. The molecule has 0 aliphatic rings. The maximum Gasteiger partial charge on any atom is 0.0714 e. The Bertz CT molecular complexity index is 500. The number of nitrogens with zero attached hydrogens (tertiary/aromatic N) is 1. The highest BCUT2D eigenvalue weighted by Crippen LogP contribution is 2.29. The van der Waals surface area contributed by atoms with Gasteiger partial charge in [-0.3, -0.25) is 0 Å². The quantitative estimate of drug-likeness (QED) is 0.825. The van der Waals surface area contributed by atoms with E-state index < -0.39 is 0 Å². The van der Waals surface area contributed by atoms with Crippen LogP contribution in [0, 0.1) is 0 Å². The van der Waals surface area contributed by atoms with Crippen molar-refractivity contribution in [2.75, 3.05) is 5.73 Å². The molecule has 16 heavy (non-hydrogen) atoms. The van der Waals surface area contributed by atoms with E-state index in [9.17, 15) is 0 Å². The molecule has 1 aromatic carbocycles. The van der Waals surface area contributed by atoms with E-state index in [2.05, 4.69) is 37.7 Å². The molecule has 86 valence electrons. The maximum atomic E-state index is 6.00. The summed E-state index contributed by atoms with van der Waals surface area (Å²) in [6.45, 7) is 4.45. The second kappa shape index (κ2) is 4.42. The second-order valence-corrected chi connectivity index (χ2v) is 5.93. The first kappa shape index (κ1) is 11.4. The third-order valence-corrected chi connectivity index (χ3v) is 3.83. The van der Waals surface area contributed by atoms with Gasteiger partial charge in [0.05, 0.1) is 11.2 Å². The monoisotopic (exact) mass is 234 g/mol. The lowest BCUT2D eigenvalue weighted by Gasteiger charge is -2.03. The van der Waals surface area contributed by atoms with Gasteiger partial charge in [0.1, 0.15) is 0 Å². The summed E-state index contributed by atoms with van der Waals surface area (Å²) in [6, 6.07) is 6.14. The normalized spacial score (nSPS) is 11.5. The summed E-state index contributed by atoms with van der Waals surface area (Å²) in [7, 11) is 2.06. The lowest BCUT2D eigenvalue weighted by atomic mass is 10.2. The Hall–Kier alpha value is -1.09. The van der Waals surface area contributed by atoms with E-state index >= 15 is 0 Å². The first-order valence-corrected chi connectivity index (χ1v) is 6.58. The highest BCUT2D eigenvalue weighted by Gasteiger charge is 2.09. The Morgan fingerprint density at radius 1 is 1.38 bits per heavy atom. The number of aromatic nitrogens is 1. The molecule has 0 radical (unpaired) electrons. The summed E-state index contributed by atoms with van der Waals surface area (Å²) >= 11 is 1.96. The molecule has 2 aromatic rings. The van der Waals surface area contributed by atoms with Gasteiger partial charge in [-0.05, 0) is 16.9 Å². The number of hydrogen-bond acceptors (Lipinski definition) is 2. The van der Waals surface area contributed by atoms with Gasteiger partial charge in [-0.15, -0.1) is 0 Å². The van der Waals surface area contributed by atoms with E-state index in [0.29, 0.717) is 5.25 Å². The molecule has 1 aromatic heterocycles. The van der Waals surface area contributed by atoms with E-state index in [-0.39, 0.29) is 0 Å². The van der Waals surface area contributed by atoms with Gasteiger partial charge in [-0.25, -0.2) is 0 Å². The molecular formula is C13H18N2S. The molecule has 0 amide bonds. The average molecular weight is 234 g/mol. The van der Waals surface area contributed by atoms with Gasteiger partial charge >= 0.3 is 0 Å². The van der Waals surface area contributed by atoms with Crippen LogP contribution in [0.4, 0.5) is 5.69 Å². The summed E-state index contributed by atoms with van der Waals surface area (Å²) < 4.78 is 2.13. The molecule has 0 aliphatic carbocycles. The largest absolute Gasteiger partial charge is 0.397 e. The minimum absolute atomic E-state index is 0.663. The topological polar surface area (TPSA) is 30.9 Å².